The largest absolute Gasteiger partial charge is 0.271 e. The van der Waals surface area contributed by atoms with E-state index in [-0.39, 0.29) is 0 Å². The van der Waals surface area contributed by atoms with Gasteiger partial charge in [0.2, 0.25) is 6.04 Å². The summed E-state index contributed by atoms with van der Waals surface area (Å²) < 4.78 is 1.21. The van der Waals surface area contributed by atoms with Crippen molar-refractivity contribution in [3.63, 3.8) is 0 Å². The highest BCUT2D eigenvalue weighted by atomic mass is 15.6. The van der Waals surface area contributed by atoms with E-state index in [1.165, 1.54) is 16.7 Å². The van der Waals surface area contributed by atoms with Crippen molar-refractivity contribution in [1.82, 2.24) is 0 Å². The maximum absolute atomic E-state index is 3.84. The van der Waals surface area contributed by atoms with Gasteiger partial charge < -0.3 is 0 Å². The van der Waals surface area contributed by atoms with Gasteiger partial charge in [0.25, 0.3) is 0 Å². The van der Waals surface area contributed by atoms with Crippen LogP contribution in [0.15, 0.2) is 12.3 Å². The highest BCUT2D eigenvalue weighted by molar-refractivity contribution is 5.20. The molecule has 2 aliphatic heterocycles. The van der Waals surface area contributed by atoms with E-state index in [2.05, 4.69) is 13.6 Å². The summed E-state index contributed by atoms with van der Waals surface area (Å²) in [5.41, 5.74) is 1.44. The van der Waals surface area contributed by atoms with Crippen LogP contribution in [-0.4, -0.2) is 24.1 Å². The normalized spacial score (nSPS) is 60.8. The molecule has 0 amide bonds. The number of fused-ring (bicyclic) bond motifs is 1. The third-order valence-electron chi connectivity index (χ3n) is 2.08. The summed E-state index contributed by atoms with van der Waals surface area (Å²) in [6, 6.07) is 0.907. The van der Waals surface area contributed by atoms with Crippen LogP contribution in [-0.2, 0) is 0 Å². The van der Waals surface area contributed by atoms with Gasteiger partial charge in [-0.25, -0.2) is 0 Å². The van der Waals surface area contributed by atoms with Crippen LogP contribution in [0.25, 0.3) is 0 Å². The third-order valence-corrected chi connectivity index (χ3v) is 2.08. The number of hydrogen-bond acceptors (Lipinski definition) is 0. The number of hydrogen-bond donors (Lipinski definition) is 0. The van der Waals surface area contributed by atoms with E-state index in [0.29, 0.717) is 0 Å². The van der Waals surface area contributed by atoms with E-state index < -0.39 is 0 Å². The Morgan fingerprint density at radius 3 is 2.33 bits per heavy atom. The summed E-state index contributed by atoms with van der Waals surface area (Å²) in [5.74, 6) is 0. The van der Waals surface area contributed by atoms with E-state index in [0.717, 1.165) is 6.04 Å². The van der Waals surface area contributed by atoms with Crippen LogP contribution in [0.4, 0.5) is 0 Å². The monoisotopic (exact) mass is 82.1 g/mol. The average Bonchev–Trinajstić information content (AvgIpc) is 2.24. The van der Waals surface area contributed by atoms with Crippen molar-refractivity contribution < 1.29 is 4.48 Å². The molecule has 2 aliphatic rings. The maximum atomic E-state index is 3.84. The van der Waals surface area contributed by atoms with Crippen molar-refractivity contribution in [1.29, 1.82) is 0 Å². The van der Waals surface area contributed by atoms with Gasteiger partial charge in [0.15, 0.2) is 5.70 Å². The Kier molecular flexibility index (Phi) is 0.186. The molecule has 32 valence electrons. The molecule has 0 spiro atoms. The first-order valence-electron chi connectivity index (χ1n) is 2.30. The van der Waals surface area contributed by atoms with Gasteiger partial charge in [-0.3, -0.25) is 4.48 Å². The molecule has 0 aromatic rings. The Labute approximate surface area is 37.5 Å². The molecule has 0 radical (unpaired) electrons. The number of rotatable bonds is 0. The Bertz CT molecular complexity index is 128. The maximum Gasteiger partial charge on any atom is 0.217 e. The highest BCUT2D eigenvalue weighted by Crippen LogP contribution is 2.55. The lowest BCUT2D eigenvalue weighted by atomic mass is 10.4. The highest BCUT2D eigenvalue weighted by Gasteiger charge is 2.76. The van der Waals surface area contributed by atoms with Crippen LogP contribution in [0.5, 0.6) is 0 Å². The molecule has 2 unspecified atom stereocenters. The molecule has 2 atom stereocenters. The SMILES string of the molecule is C=C1C2C[N+]12C. The second-order valence-corrected chi connectivity index (χ2v) is 2.46. The molecule has 2 saturated heterocycles. The van der Waals surface area contributed by atoms with Crippen LogP contribution in [0.3, 0.4) is 0 Å². The number of quaternary nitrogens is 1. The molecule has 2 heterocycles. The van der Waals surface area contributed by atoms with Crippen LogP contribution in [0, 0.1) is 0 Å². The summed E-state index contributed by atoms with van der Waals surface area (Å²) >= 11 is 0. The van der Waals surface area contributed by atoms with E-state index in [4.69, 9.17) is 0 Å². The van der Waals surface area contributed by atoms with Crippen molar-refractivity contribution in [2.75, 3.05) is 13.6 Å². The molecule has 1 nitrogen and oxygen atoms in total. The van der Waals surface area contributed by atoms with E-state index in [1.807, 2.05) is 0 Å². The second-order valence-electron chi connectivity index (χ2n) is 2.46. The Morgan fingerprint density at radius 1 is 2.00 bits per heavy atom. The Hall–Kier alpha value is -0.300. The topological polar surface area (TPSA) is 0 Å². The first-order chi connectivity index (χ1) is 2.75. The van der Waals surface area contributed by atoms with E-state index >= 15 is 0 Å². The van der Waals surface area contributed by atoms with Gasteiger partial charge in [-0.05, 0) is 6.58 Å². The summed E-state index contributed by atoms with van der Waals surface area (Å²) in [6.07, 6.45) is 0. The summed E-state index contributed by atoms with van der Waals surface area (Å²) in [6.45, 7) is 5.22. The van der Waals surface area contributed by atoms with Gasteiger partial charge in [-0.15, -0.1) is 0 Å². The van der Waals surface area contributed by atoms with Gasteiger partial charge in [0.1, 0.15) is 6.54 Å². The molecule has 0 bridgehead atoms. The van der Waals surface area contributed by atoms with Gasteiger partial charge in [-0.1, -0.05) is 0 Å². The quantitative estimate of drug-likeness (QED) is 0.292. The molecular formula is C5H8N+. The van der Waals surface area contributed by atoms with Gasteiger partial charge >= 0.3 is 0 Å². The van der Waals surface area contributed by atoms with E-state index in [9.17, 15) is 0 Å². The van der Waals surface area contributed by atoms with E-state index in [1.54, 1.807) is 0 Å². The van der Waals surface area contributed by atoms with Crippen molar-refractivity contribution in [2.45, 2.75) is 6.04 Å². The zero-order valence-electron chi connectivity index (χ0n) is 3.94. The summed E-state index contributed by atoms with van der Waals surface area (Å²) in [4.78, 5) is 0. The standard InChI is InChI=1S/C5H8N/c1-4-5-3-6(4,5)2/h5H,1,3H2,2H3/q+1. The lowest BCUT2D eigenvalue weighted by Gasteiger charge is -1.86. The van der Waals surface area contributed by atoms with Crippen LogP contribution in [0.1, 0.15) is 0 Å². The lowest BCUT2D eigenvalue weighted by molar-refractivity contribution is -0.649. The smallest absolute Gasteiger partial charge is 0.217 e. The zero-order chi connectivity index (χ0) is 4.36. The molecule has 6 heavy (non-hydrogen) atoms. The lowest BCUT2D eigenvalue weighted by Crippen LogP contribution is -1.99. The predicted octanol–water partition coefficient (Wildman–Crippen LogP) is 0.342. The fraction of sp³-hybridized carbons (Fsp3) is 0.600. The molecular weight excluding hydrogens is 74.1 g/mol. The molecule has 2 fully saturated rings. The minimum Gasteiger partial charge on any atom is -0.271 e. The zero-order valence-corrected chi connectivity index (χ0v) is 3.94. The Balaban J connectivity index is 2.43. The van der Waals surface area contributed by atoms with Crippen molar-refractivity contribution in [2.24, 2.45) is 0 Å². The van der Waals surface area contributed by atoms with Crippen LogP contribution < -0.4 is 0 Å². The van der Waals surface area contributed by atoms with Crippen LogP contribution in [0.2, 0.25) is 0 Å². The molecule has 0 saturated carbocycles. The number of likely N-dealkylation sites (N-methyl/N-ethyl adjacent to an activating group) is 1. The Morgan fingerprint density at radius 2 is 2.33 bits per heavy atom. The number of nitrogens with zero attached hydrogens (tertiary/aromatic N) is 1. The molecule has 0 N–H and O–H groups in total. The fourth-order valence-corrected chi connectivity index (χ4v) is 0.995. The van der Waals surface area contributed by atoms with Crippen LogP contribution >= 0.6 is 0 Å². The van der Waals surface area contributed by atoms with Gasteiger partial charge in [0.05, 0.1) is 7.05 Å². The first kappa shape index (κ1) is 2.80. The summed E-state index contributed by atoms with van der Waals surface area (Å²) in [7, 11) is 2.23. The molecule has 0 aliphatic carbocycles. The minimum absolute atomic E-state index is 0.907. The molecule has 0 aromatic heterocycles. The predicted molar refractivity (Wildman–Crippen MR) is 24.0 cm³/mol. The third kappa shape index (κ3) is 0.0967. The molecule has 1 heteroatoms. The van der Waals surface area contributed by atoms with Crippen molar-refractivity contribution in [3.05, 3.63) is 12.3 Å². The van der Waals surface area contributed by atoms with Crippen molar-refractivity contribution >= 4 is 0 Å². The molecule has 0 aromatic carbocycles. The minimum atomic E-state index is 0.907. The second kappa shape index (κ2) is 0.399. The molecule has 2 rings (SSSR count). The average molecular weight is 82.1 g/mol. The van der Waals surface area contributed by atoms with Gasteiger partial charge in [-0.2, -0.15) is 0 Å². The van der Waals surface area contributed by atoms with Gasteiger partial charge in [0, 0.05) is 0 Å². The fourth-order valence-electron chi connectivity index (χ4n) is 0.995. The first-order valence-corrected chi connectivity index (χ1v) is 2.30. The summed E-state index contributed by atoms with van der Waals surface area (Å²) in [5, 5.41) is 0. The van der Waals surface area contributed by atoms with Crippen molar-refractivity contribution in [3.8, 4) is 0 Å².